The standard InChI is InChI=1S/C15H20O3/c1-17-14-7-5-13(6-8-14)11-15(18-12-16)9-3-2-4-10-15/h5-8,12H,2-4,9-11H2,1H3. The zero-order valence-corrected chi connectivity index (χ0v) is 10.9. The molecule has 0 amide bonds. The van der Waals surface area contributed by atoms with Gasteiger partial charge in [0.05, 0.1) is 7.11 Å². The van der Waals surface area contributed by atoms with Crippen molar-refractivity contribution in [2.45, 2.75) is 44.1 Å². The molecule has 2 rings (SSSR count). The number of rotatable bonds is 5. The molecule has 3 heteroatoms. The number of benzene rings is 1. The average molecular weight is 248 g/mol. The molecule has 0 unspecified atom stereocenters. The van der Waals surface area contributed by atoms with Gasteiger partial charge in [0.25, 0.3) is 6.47 Å². The fraction of sp³-hybridized carbons (Fsp3) is 0.533. The minimum atomic E-state index is -0.283. The maximum atomic E-state index is 10.7. The van der Waals surface area contributed by atoms with E-state index in [-0.39, 0.29) is 5.60 Å². The fourth-order valence-electron chi connectivity index (χ4n) is 2.75. The lowest BCUT2D eigenvalue weighted by Gasteiger charge is -2.35. The van der Waals surface area contributed by atoms with E-state index in [0.29, 0.717) is 6.47 Å². The quantitative estimate of drug-likeness (QED) is 0.751. The smallest absolute Gasteiger partial charge is 0.293 e. The number of methoxy groups -OCH3 is 1. The summed E-state index contributed by atoms with van der Waals surface area (Å²) in [5.74, 6) is 0.854. The lowest BCUT2D eigenvalue weighted by atomic mass is 9.80. The molecule has 1 fully saturated rings. The van der Waals surface area contributed by atoms with E-state index in [0.717, 1.165) is 37.9 Å². The molecule has 0 aliphatic heterocycles. The number of ether oxygens (including phenoxy) is 2. The SMILES string of the molecule is COc1ccc(CC2(OC=O)CCCCC2)cc1. The normalized spacial score (nSPS) is 18.1. The molecule has 1 aliphatic rings. The Hall–Kier alpha value is -1.51. The summed E-state index contributed by atoms with van der Waals surface area (Å²) in [6, 6.07) is 7.99. The second kappa shape index (κ2) is 5.89. The Kier molecular flexibility index (Phi) is 4.24. The molecule has 3 nitrogen and oxygen atoms in total. The number of hydrogen-bond donors (Lipinski definition) is 0. The number of carbonyl (C=O) groups excluding carboxylic acids is 1. The van der Waals surface area contributed by atoms with Crippen LogP contribution in [0.15, 0.2) is 24.3 Å². The van der Waals surface area contributed by atoms with Crippen molar-refractivity contribution in [3.05, 3.63) is 29.8 Å². The van der Waals surface area contributed by atoms with Gasteiger partial charge in [-0.2, -0.15) is 0 Å². The molecule has 0 bridgehead atoms. The summed E-state index contributed by atoms with van der Waals surface area (Å²) in [6.07, 6.45) is 6.27. The highest BCUT2D eigenvalue weighted by Crippen LogP contribution is 2.34. The first-order valence-corrected chi connectivity index (χ1v) is 6.52. The lowest BCUT2D eigenvalue weighted by Crippen LogP contribution is -2.37. The van der Waals surface area contributed by atoms with E-state index in [1.807, 2.05) is 24.3 Å². The molecule has 1 saturated carbocycles. The molecule has 0 N–H and O–H groups in total. The van der Waals surface area contributed by atoms with E-state index in [1.165, 1.54) is 12.0 Å². The molecule has 1 aromatic rings. The highest BCUT2D eigenvalue weighted by molar-refractivity contribution is 5.39. The van der Waals surface area contributed by atoms with Crippen molar-refractivity contribution in [3.8, 4) is 5.75 Å². The molecule has 0 spiro atoms. The summed E-state index contributed by atoms with van der Waals surface area (Å²) >= 11 is 0. The van der Waals surface area contributed by atoms with Gasteiger partial charge in [-0.05, 0) is 43.4 Å². The van der Waals surface area contributed by atoms with Gasteiger partial charge in [0.1, 0.15) is 11.4 Å². The van der Waals surface area contributed by atoms with E-state index in [9.17, 15) is 4.79 Å². The van der Waals surface area contributed by atoms with Crippen LogP contribution in [0.25, 0.3) is 0 Å². The van der Waals surface area contributed by atoms with E-state index < -0.39 is 0 Å². The summed E-state index contributed by atoms with van der Waals surface area (Å²) in [5, 5.41) is 0. The predicted molar refractivity (Wildman–Crippen MR) is 69.7 cm³/mol. The third-order valence-corrected chi connectivity index (χ3v) is 3.75. The molecule has 98 valence electrons. The molecule has 0 atom stereocenters. The highest BCUT2D eigenvalue weighted by atomic mass is 16.5. The first kappa shape index (κ1) is 12.9. The fourth-order valence-corrected chi connectivity index (χ4v) is 2.75. The van der Waals surface area contributed by atoms with Crippen molar-refractivity contribution in [2.24, 2.45) is 0 Å². The molecular formula is C15H20O3. The summed E-state index contributed by atoms with van der Waals surface area (Å²) < 4.78 is 10.6. The zero-order chi connectivity index (χ0) is 12.8. The molecule has 0 radical (unpaired) electrons. The maximum Gasteiger partial charge on any atom is 0.293 e. The van der Waals surface area contributed by atoms with E-state index in [1.54, 1.807) is 7.11 Å². The summed E-state index contributed by atoms with van der Waals surface area (Å²) in [7, 11) is 1.66. The van der Waals surface area contributed by atoms with Crippen LogP contribution in [0.4, 0.5) is 0 Å². The van der Waals surface area contributed by atoms with Gasteiger partial charge in [0.2, 0.25) is 0 Å². The highest BCUT2D eigenvalue weighted by Gasteiger charge is 2.33. The Bertz CT molecular complexity index is 377. The molecule has 1 aromatic carbocycles. The Morgan fingerprint density at radius 3 is 2.39 bits per heavy atom. The van der Waals surface area contributed by atoms with Gasteiger partial charge in [-0.15, -0.1) is 0 Å². The van der Waals surface area contributed by atoms with Gasteiger partial charge in [-0.25, -0.2) is 0 Å². The van der Waals surface area contributed by atoms with Crippen molar-refractivity contribution in [2.75, 3.05) is 7.11 Å². The van der Waals surface area contributed by atoms with Crippen molar-refractivity contribution in [1.82, 2.24) is 0 Å². The largest absolute Gasteiger partial charge is 0.497 e. The van der Waals surface area contributed by atoms with E-state index >= 15 is 0 Å². The van der Waals surface area contributed by atoms with Crippen LogP contribution in [-0.2, 0) is 16.0 Å². The van der Waals surface area contributed by atoms with Crippen molar-refractivity contribution in [3.63, 3.8) is 0 Å². The summed E-state index contributed by atoms with van der Waals surface area (Å²) in [5.41, 5.74) is 0.911. The summed E-state index contributed by atoms with van der Waals surface area (Å²) in [6.45, 7) is 0.606. The maximum absolute atomic E-state index is 10.7. The van der Waals surface area contributed by atoms with Crippen LogP contribution in [0.1, 0.15) is 37.7 Å². The minimum Gasteiger partial charge on any atom is -0.497 e. The second-order valence-corrected chi connectivity index (χ2v) is 4.98. The molecule has 0 saturated heterocycles. The van der Waals surface area contributed by atoms with Crippen molar-refractivity contribution >= 4 is 6.47 Å². The van der Waals surface area contributed by atoms with Crippen LogP contribution < -0.4 is 4.74 Å². The average Bonchev–Trinajstić information content (AvgIpc) is 2.41. The lowest BCUT2D eigenvalue weighted by molar-refractivity contribution is -0.146. The number of carbonyl (C=O) groups is 1. The van der Waals surface area contributed by atoms with Gasteiger partial charge >= 0.3 is 0 Å². The van der Waals surface area contributed by atoms with E-state index in [4.69, 9.17) is 9.47 Å². The molecular weight excluding hydrogens is 228 g/mol. The molecule has 0 heterocycles. The van der Waals surface area contributed by atoms with Crippen LogP contribution in [0, 0.1) is 0 Å². The van der Waals surface area contributed by atoms with Crippen LogP contribution in [0.5, 0.6) is 5.75 Å². The van der Waals surface area contributed by atoms with Gasteiger partial charge in [0, 0.05) is 6.42 Å². The predicted octanol–water partition coefficient (Wildman–Crippen LogP) is 3.11. The van der Waals surface area contributed by atoms with Gasteiger partial charge in [0.15, 0.2) is 0 Å². The molecule has 1 aliphatic carbocycles. The Labute approximate surface area is 108 Å². The topological polar surface area (TPSA) is 35.5 Å². The zero-order valence-electron chi connectivity index (χ0n) is 10.9. The van der Waals surface area contributed by atoms with Crippen LogP contribution in [0.2, 0.25) is 0 Å². The van der Waals surface area contributed by atoms with Crippen LogP contribution in [0.3, 0.4) is 0 Å². The Morgan fingerprint density at radius 2 is 1.83 bits per heavy atom. The van der Waals surface area contributed by atoms with Gasteiger partial charge < -0.3 is 9.47 Å². The van der Waals surface area contributed by atoms with Crippen LogP contribution in [-0.4, -0.2) is 19.2 Å². The van der Waals surface area contributed by atoms with Gasteiger partial charge in [-0.1, -0.05) is 18.6 Å². The Morgan fingerprint density at radius 1 is 1.17 bits per heavy atom. The van der Waals surface area contributed by atoms with Crippen molar-refractivity contribution in [1.29, 1.82) is 0 Å². The molecule has 0 aromatic heterocycles. The minimum absolute atomic E-state index is 0.283. The molecule has 18 heavy (non-hydrogen) atoms. The van der Waals surface area contributed by atoms with E-state index in [2.05, 4.69) is 0 Å². The monoisotopic (exact) mass is 248 g/mol. The van der Waals surface area contributed by atoms with Crippen LogP contribution >= 0.6 is 0 Å². The first-order chi connectivity index (χ1) is 8.78. The third kappa shape index (κ3) is 3.03. The third-order valence-electron chi connectivity index (χ3n) is 3.75. The number of hydrogen-bond acceptors (Lipinski definition) is 3. The van der Waals surface area contributed by atoms with Crippen molar-refractivity contribution < 1.29 is 14.3 Å². The van der Waals surface area contributed by atoms with Gasteiger partial charge in [-0.3, -0.25) is 4.79 Å². The first-order valence-electron chi connectivity index (χ1n) is 6.52. The second-order valence-electron chi connectivity index (χ2n) is 4.98. The Balaban J connectivity index is 2.09. The summed E-state index contributed by atoms with van der Waals surface area (Å²) in [4.78, 5) is 10.7.